The highest BCUT2D eigenvalue weighted by Crippen LogP contribution is 2.29. The summed E-state index contributed by atoms with van der Waals surface area (Å²) in [5.74, 6) is 0. The topological polar surface area (TPSA) is 21.1 Å². The van der Waals surface area contributed by atoms with Crippen molar-refractivity contribution in [2.45, 2.75) is 28.4 Å². The van der Waals surface area contributed by atoms with Gasteiger partial charge < -0.3 is 0 Å². The predicted molar refractivity (Wildman–Crippen MR) is 68.2 cm³/mol. The van der Waals surface area contributed by atoms with Crippen molar-refractivity contribution >= 4 is 43.6 Å². The Kier molecular flexibility index (Phi) is 4.21. The molecule has 0 radical (unpaired) electrons. The van der Waals surface area contributed by atoms with Crippen molar-refractivity contribution in [3.05, 3.63) is 0 Å². The molecule has 0 aromatic rings. The number of nitrogens with two attached hydrogens (primary N) is 1. The monoisotopic (exact) mass is 344 g/mol. The molecule has 2 heterocycles. The summed E-state index contributed by atoms with van der Waals surface area (Å²) in [7, 11) is 0. The highest BCUT2D eigenvalue weighted by atomic mass is 79.9. The van der Waals surface area contributed by atoms with Crippen LogP contribution in [0.25, 0.3) is 0 Å². The van der Waals surface area contributed by atoms with Crippen LogP contribution in [0.15, 0.2) is 0 Å². The van der Waals surface area contributed by atoms with Crippen molar-refractivity contribution in [1.29, 1.82) is 0 Å². The van der Waals surface area contributed by atoms with Gasteiger partial charge in [0.1, 0.15) is 0 Å². The van der Waals surface area contributed by atoms with Crippen molar-refractivity contribution in [1.82, 2.24) is 0 Å². The summed E-state index contributed by atoms with van der Waals surface area (Å²) in [4.78, 5) is 1.73. The van der Waals surface area contributed by atoms with E-state index in [0.29, 0.717) is 0 Å². The van der Waals surface area contributed by atoms with Gasteiger partial charge in [-0.2, -0.15) is 0 Å². The number of quaternary nitrogens is 2. The van der Waals surface area contributed by atoms with Crippen LogP contribution < -0.4 is 10.2 Å². The predicted octanol–water partition coefficient (Wildman–Crippen LogP) is 0.135. The Labute approximate surface area is 107 Å². The van der Waals surface area contributed by atoms with Crippen LogP contribution in [-0.2, 0) is 0 Å². The molecular weight excluding hydrogens is 328 g/mol. The van der Waals surface area contributed by atoms with E-state index in [0.717, 1.165) is 10.6 Å². The summed E-state index contributed by atoms with van der Waals surface area (Å²) < 4.78 is 0.228. The zero-order chi connectivity index (χ0) is 10.0. The molecule has 0 saturated carbocycles. The van der Waals surface area contributed by atoms with Gasteiger partial charge in [-0.3, -0.25) is 10.2 Å². The summed E-state index contributed by atoms with van der Waals surface area (Å²) in [6.07, 6.45) is 4.23. The highest BCUT2D eigenvalue weighted by Gasteiger charge is 2.50. The van der Waals surface area contributed by atoms with Gasteiger partial charge in [0.15, 0.2) is 0 Å². The van der Waals surface area contributed by atoms with E-state index >= 15 is 0 Å². The zero-order valence-electron chi connectivity index (χ0n) is 8.27. The van der Waals surface area contributed by atoms with Crippen molar-refractivity contribution in [3.8, 4) is 0 Å². The fraction of sp³-hybridized carbons (Fsp3) is 1.00. The Morgan fingerprint density at radius 1 is 1.36 bits per heavy atom. The molecule has 0 spiro atoms. The molecule has 0 bridgehead atoms. The molecule has 2 nitrogen and oxygen atoms in total. The third kappa shape index (κ3) is 2.48. The molecule has 2 fully saturated rings. The highest BCUT2D eigenvalue weighted by molar-refractivity contribution is 9.11. The lowest BCUT2D eigenvalue weighted by molar-refractivity contribution is -1.03. The molecule has 2 rings (SSSR count). The summed E-state index contributed by atoms with van der Waals surface area (Å²) in [5.41, 5.74) is 0. The van der Waals surface area contributed by atoms with E-state index in [4.69, 9.17) is 0 Å². The van der Waals surface area contributed by atoms with Gasteiger partial charge in [-0.25, -0.2) is 0 Å². The van der Waals surface area contributed by atoms with Crippen LogP contribution >= 0.6 is 43.6 Å². The van der Waals surface area contributed by atoms with Crippen LogP contribution in [0.5, 0.6) is 0 Å². The Balaban J connectivity index is 1.94. The number of likely N-dealkylation sites (tertiary alicyclic amines) is 1. The molecule has 5 heteroatoms. The molecule has 2 saturated heterocycles. The minimum absolute atomic E-state index is 0.228. The first-order chi connectivity index (χ1) is 6.74. The molecule has 2 aliphatic rings. The Morgan fingerprint density at radius 3 is 2.64 bits per heavy atom. The molecular formula is C9H18Br2N2S+2. The number of hydrogen-bond acceptors (Lipinski definition) is 1. The number of hydrogen-bond donors (Lipinski definition) is 2. The van der Waals surface area contributed by atoms with Gasteiger partial charge in [-0.05, 0) is 31.0 Å². The van der Waals surface area contributed by atoms with Crippen LogP contribution in [0.2, 0.25) is 0 Å². The number of nitrogens with one attached hydrogen (secondary N) is 1. The standard InChI is InChI=1S/C9H16Br2N2S/c10-6-8-7-12-9(11,14-8)13-4-2-1-3-5-13/h8,12H,1-7H2/p+2/t8-,9-/m0/s1. The third-order valence-corrected chi connectivity index (χ3v) is 7.24. The van der Waals surface area contributed by atoms with E-state index < -0.39 is 0 Å². The molecule has 0 amide bonds. The first-order valence-electron chi connectivity index (χ1n) is 5.37. The molecule has 0 aliphatic carbocycles. The first kappa shape index (κ1) is 11.7. The Morgan fingerprint density at radius 2 is 2.07 bits per heavy atom. The minimum atomic E-state index is 0.228. The largest absolute Gasteiger partial charge is 0.325 e. The quantitative estimate of drug-likeness (QED) is 0.539. The van der Waals surface area contributed by atoms with Crippen LogP contribution in [0, 0.1) is 0 Å². The second-order valence-corrected chi connectivity index (χ2v) is 8.11. The molecule has 82 valence electrons. The molecule has 0 aromatic carbocycles. The number of piperidine rings is 1. The van der Waals surface area contributed by atoms with Gasteiger partial charge >= 0.3 is 3.90 Å². The Hall–Kier alpha value is 1.23. The van der Waals surface area contributed by atoms with Gasteiger partial charge in [0.25, 0.3) is 0 Å². The average molecular weight is 346 g/mol. The number of alkyl halides is 2. The molecule has 2 atom stereocenters. The van der Waals surface area contributed by atoms with Crippen LogP contribution in [0.4, 0.5) is 0 Å². The van der Waals surface area contributed by atoms with Gasteiger partial charge in [-0.15, -0.1) is 0 Å². The number of rotatable bonds is 2. The normalized spacial score (nSPS) is 40.3. The Bertz CT molecular complexity index is 199. The zero-order valence-corrected chi connectivity index (χ0v) is 12.3. The SMILES string of the molecule is BrC[C@H]1C[NH2+][C@@](Br)([NH+]2CCCCC2)S1. The third-order valence-electron chi connectivity index (χ3n) is 3.09. The fourth-order valence-electron chi connectivity index (χ4n) is 2.26. The smallest absolute Gasteiger partial charge is 0.275 e. The summed E-state index contributed by atoms with van der Waals surface area (Å²) in [6.45, 7) is 3.91. The maximum atomic E-state index is 3.94. The summed E-state index contributed by atoms with van der Waals surface area (Å²) >= 11 is 9.62. The first-order valence-corrected chi connectivity index (χ1v) is 8.16. The van der Waals surface area contributed by atoms with Crippen LogP contribution in [0.3, 0.4) is 0 Å². The van der Waals surface area contributed by atoms with E-state index in [2.05, 4.69) is 48.9 Å². The summed E-state index contributed by atoms with van der Waals surface area (Å²) in [5, 5.41) is 4.36. The maximum absolute atomic E-state index is 3.94. The van der Waals surface area contributed by atoms with Gasteiger partial charge in [0.2, 0.25) is 0 Å². The van der Waals surface area contributed by atoms with Gasteiger partial charge in [0.05, 0.1) is 40.8 Å². The average Bonchev–Trinajstić information content (AvgIpc) is 2.63. The number of halogens is 2. The van der Waals surface area contributed by atoms with Gasteiger partial charge in [0, 0.05) is 5.33 Å². The lowest BCUT2D eigenvalue weighted by atomic mass is 10.1. The van der Waals surface area contributed by atoms with Gasteiger partial charge in [-0.1, -0.05) is 15.9 Å². The summed E-state index contributed by atoms with van der Waals surface area (Å²) in [6, 6.07) is 0. The van der Waals surface area contributed by atoms with E-state index in [1.807, 2.05) is 0 Å². The van der Waals surface area contributed by atoms with Crippen molar-refractivity contribution < 1.29 is 10.2 Å². The van der Waals surface area contributed by atoms with Crippen molar-refractivity contribution in [2.75, 3.05) is 25.0 Å². The van der Waals surface area contributed by atoms with E-state index in [1.165, 1.54) is 38.9 Å². The maximum Gasteiger partial charge on any atom is 0.325 e. The molecule has 14 heavy (non-hydrogen) atoms. The number of thioether (sulfide) groups is 1. The van der Waals surface area contributed by atoms with E-state index in [1.54, 1.807) is 4.90 Å². The lowest BCUT2D eigenvalue weighted by Crippen LogP contribution is -3.30. The minimum Gasteiger partial charge on any atom is -0.275 e. The molecule has 2 aliphatic heterocycles. The second kappa shape index (κ2) is 5.04. The lowest BCUT2D eigenvalue weighted by Gasteiger charge is -2.32. The van der Waals surface area contributed by atoms with E-state index in [9.17, 15) is 0 Å². The molecule has 3 N–H and O–H groups in total. The van der Waals surface area contributed by atoms with Crippen LogP contribution in [-0.4, -0.2) is 34.1 Å². The van der Waals surface area contributed by atoms with Crippen LogP contribution in [0.1, 0.15) is 19.3 Å². The van der Waals surface area contributed by atoms with Crippen molar-refractivity contribution in [2.24, 2.45) is 0 Å². The van der Waals surface area contributed by atoms with Crippen molar-refractivity contribution in [3.63, 3.8) is 0 Å². The molecule has 0 aromatic heterocycles. The fourth-order valence-corrected chi connectivity index (χ4v) is 5.60. The molecule has 0 unspecified atom stereocenters. The van der Waals surface area contributed by atoms with E-state index in [-0.39, 0.29) is 3.90 Å². The second-order valence-electron chi connectivity index (χ2n) is 4.14.